The van der Waals surface area contributed by atoms with Gasteiger partial charge in [0.15, 0.2) is 0 Å². The van der Waals surface area contributed by atoms with Crippen LogP contribution in [0.1, 0.15) is 124 Å². The number of rotatable bonds is 0. The van der Waals surface area contributed by atoms with Crippen LogP contribution >= 0.6 is 0 Å². The fourth-order valence-electron chi connectivity index (χ4n) is 8.28. The molecule has 6 atom stereocenters. The second kappa shape index (κ2) is 9.34. The lowest BCUT2D eigenvalue weighted by Crippen LogP contribution is -2.59. The summed E-state index contributed by atoms with van der Waals surface area (Å²) in [6, 6.07) is 0. The molecule has 5 aliphatic rings. The first-order valence-electron chi connectivity index (χ1n) is 13.5. The summed E-state index contributed by atoms with van der Waals surface area (Å²) in [5.74, 6) is 1.32. The van der Waals surface area contributed by atoms with Crippen molar-refractivity contribution in [1.82, 2.24) is 0 Å². The molecule has 2 nitrogen and oxygen atoms in total. The van der Waals surface area contributed by atoms with Crippen LogP contribution in [-0.4, -0.2) is 21.9 Å². The standard InChI is InChI=1S/C19H30O.C10H18O/c1-17-10-5-12-19(17,20)16-8-7-14-6-3-4-11-18(14,2)15(16)9-13-17;1-9-5-2-3-7-10(11)8-4-6-9/h6,15-16,20H,3-5,7-13H2,1-2H3;5,10-11H,2-4,6-8H2,1H3/b;9-5-. The van der Waals surface area contributed by atoms with Crippen LogP contribution in [0.3, 0.4) is 0 Å². The third-order valence-electron chi connectivity index (χ3n) is 10.3. The predicted molar refractivity (Wildman–Crippen MR) is 130 cm³/mol. The summed E-state index contributed by atoms with van der Waals surface area (Å²) in [4.78, 5) is 0. The summed E-state index contributed by atoms with van der Waals surface area (Å²) in [6.07, 6.45) is 24.2. The minimum Gasteiger partial charge on any atom is -0.393 e. The molecule has 0 radical (unpaired) electrons. The first-order valence-corrected chi connectivity index (χ1v) is 13.5. The van der Waals surface area contributed by atoms with Crippen LogP contribution in [-0.2, 0) is 0 Å². The average molecular weight is 429 g/mol. The molecule has 0 heterocycles. The van der Waals surface area contributed by atoms with Crippen LogP contribution < -0.4 is 0 Å². The minimum absolute atomic E-state index is 0.0331. The number of fused-ring (bicyclic) bond motifs is 5. The maximum absolute atomic E-state index is 11.6. The molecule has 0 spiro atoms. The van der Waals surface area contributed by atoms with Crippen molar-refractivity contribution in [2.24, 2.45) is 22.7 Å². The van der Waals surface area contributed by atoms with E-state index in [0.717, 1.165) is 44.4 Å². The summed E-state index contributed by atoms with van der Waals surface area (Å²) >= 11 is 0. The Bertz CT molecular complexity index is 693. The number of hydrogen-bond donors (Lipinski definition) is 2. The third kappa shape index (κ3) is 4.45. The van der Waals surface area contributed by atoms with E-state index in [0.29, 0.717) is 11.3 Å². The van der Waals surface area contributed by atoms with Crippen LogP contribution in [0.5, 0.6) is 0 Å². The van der Waals surface area contributed by atoms with Gasteiger partial charge in [-0.25, -0.2) is 0 Å². The fourth-order valence-corrected chi connectivity index (χ4v) is 8.28. The molecular weight excluding hydrogens is 380 g/mol. The summed E-state index contributed by atoms with van der Waals surface area (Å²) in [5, 5.41) is 21.0. The molecule has 176 valence electrons. The lowest BCUT2D eigenvalue weighted by atomic mass is 9.46. The summed E-state index contributed by atoms with van der Waals surface area (Å²) in [5.41, 5.74) is 3.54. The minimum atomic E-state index is -0.345. The van der Waals surface area contributed by atoms with Gasteiger partial charge in [-0.05, 0) is 132 Å². The number of allylic oxidation sites excluding steroid dienone is 4. The Balaban J connectivity index is 0.000000180. The molecule has 31 heavy (non-hydrogen) atoms. The number of hydrogen-bond acceptors (Lipinski definition) is 2. The third-order valence-corrected chi connectivity index (χ3v) is 10.3. The Morgan fingerprint density at radius 2 is 1.55 bits per heavy atom. The number of aliphatic hydroxyl groups is 2. The van der Waals surface area contributed by atoms with Gasteiger partial charge in [0.25, 0.3) is 0 Å². The van der Waals surface area contributed by atoms with Gasteiger partial charge in [0.1, 0.15) is 0 Å². The summed E-state index contributed by atoms with van der Waals surface area (Å²) in [6.45, 7) is 7.10. The van der Waals surface area contributed by atoms with Gasteiger partial charge in [-0.3, -0.25) is 0 Å². The largest absolute Gasteiger partial charge is 0.393 e. The molecule has 3 saturated carbocycles. The molecule has 0 bridgehead atoms. The molecule has 6 unspecified atom stereocenters. The van der Waals surface area contributed by atoms with Crippen LogP contribution in [0, 0.1) is 22.7 Å². The highest BCUT2D eigenvalue weighted by molar-refractivity contribution is 5.25. The maximum Gasteiger partial charge on any atom is 0.0732 e. The zero-order valence-corrected chi connectivity index (χ0v) is 20.6. The van der Waals surface area contributed by atoms with Gasteiger partial charge in [-0.15, -0.1) is 0 Å². The highest BCUT2D eigenvalue weighted by Gasteiger charge is 2.63. The van der Waals surface area contributed by atoms with Gasteiger partial charge < -0.3 is 10.2 Å². The van der Waals surface area contributed by atoms with Crippen LogP contribution in [0.4, 0.5) is 0 Å². The highest BCUT2D eigenvalue weighted by Crippen LogP contribution is 2.66. The van der Waals surface area contributed by atoms with Gasteiger partial charge in [0.2, 0.25) is 0 Å². The second-order valence-electron chi connectivity index (χ2n) is 12.2. The molecule has 0 aromatic heterocycles. The Labute approximate surface area is 191 Å². The SMILES string of the molecule is C/C1=C/CCCC(O)CCC1.CC12CCCC=C1CCC1C2CCC2(C)CCCC12O. The Morgan fingerprint density at radius 3 is 2.39 bits per heavy atom. The molecule has 0 aliphatic heterocycles. The normalized spacial score (nSPS) is 46.9. The Morgan fingerprint density at radius 1 is 0.774 bits per heavy atom. The van der Waals surface area contributed by atoms with E-state index in [1.165, 1.54) is 69.8 Å². The van der Waals surface area contributed by atoms with E-state index >= 15 is 0 Å². The van der Waals surface area contributed by atoms with E-state index in [1.54, 1.807) is 5.57 Å². The molecule has 0 aromatic carbocycles. The van der Waals surface area contributed by atoms with Gasteiger partial charge in [-0.1, -0.05) is 37.1 Å². The van der Waals surface area contributed by atoms with E-state index in [1.807, 2.05) is 0 Å². The number of aliphatic hydroxyl groups excluding tert-OH is 1. The van der Waals surface area contributed by atoms with Crippen molar-refractivity contribution in [1.29, 1.82) is 0 Å². The van der Waals surface area contributed by atoms with Crippen molar-refractivity contribution in [2.75, 3.05) is 0 Å². The van der Waals surface area contributed by atoms with Gasteiger partial charge in [0, 0.05) is 0 Å². The first-order chi connectivity index (χ1) is 14.8. The highest BCUT2D eigenvalue weighted by atomic mass is 16.3. The monoisotopic (exact) mass is 428 g/mol. The zero-order chi connectivity index (χ0) is 22.1. The van der Waals surface area contributed by atoms with Gasteiger partial charge in [-0.2, -0.15) is 0 Å². The Hall–Kier alpha value is -0.600. The molecule has 3 fully saturated rings. The lowest BCUT2D eigenvalue weighted by Gasteiger charge is -2.60. The predicted octanol–water partition coefficient (Wildman–Crippen LogP) is 7.49. The Kier molecular flexibility index (Phi) is 7.09. The van der Waals surface area contributed by atoms with Crippen molar-refractivity contribution in [3.63, 3.8) is 0 Å². The lowest BCUT2D eigenvalue weighted by molar-refractivity contribution is -0.173. The van der Waals surface area contributed by atoms with Crippen LogP contribution in [0.15, 0.2) is 23.3 Å². The van der Waals surface area contributed by atoms with Crippen molar-refractivity contribution in [3.8, 4) is 0 Å². The van der Waals surface area contributed by atoms with Crippen molar-refractivity contribution in [2.45, 2.75) is 135 Å². The smallest absolute Gasteiger partial charge is 0.0732 e. The van der Waals surface area contributed by atoms with E-state index in [-0.39, 0.29) is 17.1 Å². The van der Waals surface area contributed by atoms with Gasteiger partial charge >= 0.3 is 0 Å². The molecule has 0 saturated heterocycles. The first kappa shape index (κ1) is 23.6. The summed E-state index contributed by atoms with van der Waals surface area (Å²) < 4.78 is 0. The molecule has 2 N–H and O–H groups in total. The van der Waals surface area contributed by atoms with E-state index < -0.39 is 0 Å². The van der Waals surface area contributed by atoms with Crippen LogP contribution in [0.25, 0.3) is 0 Å². The molecule has 5 aliphatic carbocycles. The topological polar surface area (TPSA) is 40.5 Å². The molecular formula is C29H48O2. The molecule has 5 rings (SSSR count). The van der Waals surface area contributed by atoms with Crippen LogP contribution in [0.2, 0.25) is 0 Å². The zero-order valence-electron chi connectivity index (χ0n) is 20.6. The van der Waals surface area contributed by atoms with Crippen molar-refractivity contribution < 1.29 is 10.2 Å². The molecule has 0 amide bonds. The summed E-state index contributed by atoms with van der Waals surface area (Å²) in [7, 11) is 0. The maximum atomic E-state index is 11.6. The molecule has 0 aromatic rings. The fraction of sp³-hybridized carbons (Fsp3) is 0.862. The quantitative estimate of drug-likeness (QED) is 0.392. The molecule has 2 heteroatoms. The second-order valence-corrected chi connectivity index (χ2v) is 12.2. The van der Waals surface area contributed by atoms with Crippen molar-refractivity contribution >= 4 is 0 Å². The van der Waals surface area contributed by atoms with Gasteiger partial charge in [0.05, 0.1) is 11.7 Å². The van der Waals surface area contributed by atoms with E-state index in [2.05, 4.69) is 32.9 Å². The van der Waals surface area contributed by atoms with E-state index in [9.17, 15) is 10.2 Å². The van der Waals surface area contributed by atoms with Crippen molar-refractivity contribution in [3.05, 3.63) is 23.3 Å². The average Bonchev–Trinajstić information content (AvgIpc) is 3.10. The van der Waals surface area contributed by atoms with E-state index in [4.69, 9.17) is 0 Å².